The van der Waals surface area contributed by atoms with Crippen molar-refractivity contribution in [2.24, 2.45) is 0 Å². The molecule has 0 saturated carbocycles. The van der Waals surface area contributed by atoms with Crippen LogP contribution in [0.5, 0.6) is 0 Å². The fourth-order valence-corrected chi connectivity index (χ4v) is 5.74. The molecule has 0 saturated heterocycles. The molecule has 0 amide bonds. The topological polar surface area (TPSA) is 70.8 Å². The largest absolute Gasteiger partial charge is 0.288 e. The number of thiophene rings is 1. The van der Waals surface area contributed by atoms with E-state index in [-0.39, 0.29) is 38.3 Å². The number of carbonyl (C=O) groups excluding carboxylic acids is 2. The van der Waals surface area contributed by atoms with Gasteiger partial charge in [-0.15, -0.1) is 22.7 Å². The minimum Gasteiger partial charge on any atom is -0.288 e. The van der Waals surface area contributed by atoms with Crippen LogP contribution in [0.15, 0.2) is 48.0 Å². The first-order valence-electron chi connectivity index (χ1n) is 8.65. The number of aromatic nitrogens is 1. The summed E-state index contributed by atoms with van der Waals surface area (Å²) in [5.74, 6) is -0.740. The van der Waals surface area contributed by atoms with Crippen LogP contribution in [0.1, 0.15) is 31.3 Å². The molecule has 8 heteroatoms. The highest BCUT2D eigenvalue weighted by atomic mass is 35.5. The number of hydrogen-bond acceptors (Lipinski definition) is 6. The van der Waals surface area contributed by atoms with Crippen LogP contribution in [-0.4, -0.2) is 16.6 Å². The van der Waals surface area contributed by atoms with Crippen molar-refractivity contribution in [1.29, 1.82) is 5.26 Å². The fourth-order valence-electron chi connectivity index (χ4n) is 3.23. The van der Waals surface area contributed by atoms with Crippen molar-refractivity contribution >= 4 is 73.0 Å². The van der Waals surface area contributed by atoms with Crippen LogP contribution >= 0.6 is 45.9 Å². The molecule has 4 aromatic rings. The molecule has 4 nitrogen and oxygen atoms in total. The lowest BCUT2D eigenvalue weighted by Crippen LogP contribution is -1.99. The molecular weight excluding hydrogens is 459 g/mol. The van der Waals surface area contributed by atoms with E-state index in [0.717, 1.165) is 20.0 Å². The first kappa shape index (κ1) is 19.2. The van der Waals surface area contributed by atoms with Crippen LogP contribution in [0.2, 0.25) is 10.0 Å². The van der Waals surface area contributed by atoms with E-state index in [2.05, 4.69) is 11.1 Å². The van der Waals surface area contributed by atoms with Crippen molar-refractivity contribution in [2.45, 2.75) is 0 Å². The van der Waals surface area contributed by atoms with Crippen LogP contribution in [0.4, 0.5) is 0 Å². The van der Waals surface area contributed by atoms with Gasteiger partial charge < -0.3 is 0 Å². The average Bonchev–Trinajstić information content (AvgIpc) is 3.37. The molecule has 1 aliphatic rings. The zero-order valence-corrected chi connectivity index (χ0v) is 18.0. The van der Waals surface area contributed by atoms with Gasteiger partial charge in [0.25, 0.3) is 0 Å². The van der Waals surface area contributed by atoms with E-state index in [0.29, 0.717) is 10.6 Å². The number of carbonyl (C=O) groups is 2. The van der Waals surface area contributed by atoms with Crippen LogP contribution < -0.4 is 0 Å². The van der Waals surface area contributed by atoms with Crippen molar-refractivity contribution < 1.29 is 9.59 Å². The third-order valence-corrected chi connectivity index (χ3v) is 7.59. The summed E-state index contributed by atoms with van der Waals surface area (Å²) in [4.78, 5) is 31.8. The van der Waals surface area contributed by atoms with Gasteiger partial charge >= 0.3 is 0 Å². The number of fused-ring (bicyclic) bond motifs is 2. The van der Waals surface area contributed by atoms with Gasteiger partial charge in [0.1, 0.15) is 9.84 Å². The van der Waals surface area contributed by atoms with Crippen molar-refractivity contribution in [1.82, 2.24) is 4.98 Å². The van der Waals surface area contributed by atoms with E-state index in [1.807, 2.05) is 18.2 Å². The highest BCUT2D eigenvalue weighted by molar-refractivity contribution is 7.29. The molecule has 144 valence electrons. The summed E-state index contributed by atoms with van der Waals surface area (Å²) in [5, 5.41) is 9.99. The molecule has 5 rings (SSSR count). The Morgan fingerprint density at radius 3 is 2.13 bits per heavy atom. The molecule has 0 fully saturated rings. The molecule has 0 atom stereocenters. The number of allylic oxidation sites excluding steroid dienone is 1. The van der Waals surface area contributed by atoms with E-state index < -0.39 is 0 Å². The maximum atomic E-state index is 12.7. The number of hydrogen-bond donors (Lipinski definition) is 0. The van der Waals surface area contributed by atoms with Gasteiger partial charge in [0.15, 0.2) is 11.6 Å². The Labute approximate surface area is 188 Å². The van der Waals surface area contributed by atoms with Gasteiger partial charge in [0.2, 0.25) is 0 Å². The normalized spacial score (nSPS) is 13.0. The Morgan fingerprint density at radius 2 is 1.57 bits per heavy atom. The molecule has 0 unspecified atom stereocenters. The van der Waals surface area contributed by atoms with E-state index >= 15 is 0 Å². The lowest BCUT2D eigenvalue weighted by molar-refractivity contribution is 0.0990. The summed E-state index contributed by atoms with van der Waals surface area (Å²) in [6, 6.07) is 14.4. The maximum Gasteiger partial charge on any atom is 0.197 e. The summed E-state index contributed by atoms with van der Waals surface area (Å²) < 4.78 is 0.965. The van der Waals surface area contributed by atoms with Gasteiger partial charge in [-0.1, -0.05) is 35.3 Å². The van der Waals surface area contributed by atoms with Crippen LogP contribution in [0.25, 0.3) is 26.0 Å². The van der Waals surface area contributed by atoms with E-state index in [1.165, 1.54) is 40.9 Å². The number of rotatable bonds is 2. The molecule has 0 radical (unpaired) electrons. The lowest BCUT2D eigenvalue weighted by Gasteiger charge is -1.98. The molecule has 2 aromatic carbocycles. The smallest absolute Gasteiger partial charge is 0.197 e. The van der Waals surface area contributed by atoms with Crippen molar-refractivity contribution in [3.8, 4) is 16.5 Å². The van der Waals surface area contributed by atoms with Crippen molar-refractivity contribution in [3.05, 3.63) is 79.8 Å². The minimum atomic E-state index is -0.370. The summed E-state index contributed by atoms with van der Waals surface area (Å²) in [6.45, 7) is 0. The Kier molecular flexibility index (Phi) is 4.57. The van der Waals surface area contributed by atoms with Gasteiger partial charge in [-0.25, -0.2) is 4.98 Å². The molecule has 30 heavy (non-hydrogen) atoms. The number of ketones is 2. The summed E-state index contributed by atoms with van der Waals surface area (Å²) in [5.41, 5.74) is 2.22. The number of nitriles is 1. The van der Waals surface area contributed by atoms with E-state index in [1.54, 1.807) is 12.1 Å². The molecule has 0 bridgehead atoms. The molecule has 0 N–H and O–H groups in total. The van der Waals surface area contributed by atoms with E-state index in [4.69, 9.17) is 28.5 Å². The Morgan fingerprint density at radius 1 is 0.933 bits per heavy atom. The van der Waals surface area contributed by atoms with Gasteiger partial charge in [0.05, 0.1) is 32.0 Å². The summed E-state index contributed by atoms with van der Waals surface area (Å²) in [6.07, 6.45) is 1.53. The highest BCUT2D eigenvalue weighted by Gasteiger charge is 2.34. The highest BCUT2D eigenvalue weighted by Crippen LogP contribution is 2.38. The number of Topliss-reactive ketones (excluding diaryl/α,β-unsaturated/α-hetero) is 2. The van der Waals surface area contributed by atoms with Gasteiger partial charge in [0, 0.05) is 16.0 Å². The zero-order valence-electron chi connectivity index (χ0n) is 14.9. The molecule has 0 aliphatic heterocycles. The van der Waals surface area contributed by atoms with Gasteiger partial charge in [-0.05, 0) is 42.0 Å². The molecular formula is C22H8Cl2N2O2S2. The van der Waals surface area contributed by atoms with Crippen LogP contribution in [0.3, 0.4) is 0 Å². The monoisotopic (exact) mass is 466 g/mol. The first-order chi connectivity index (χ1) is 14.4. The molecule has 0 spiro atoms. The SMILES string of the molecule is N#Cc1ccc(-c2cc3sc(C=C4C(=O)c5cc(Cl)c(Cl)cc5C4=O)nc3s2)cc1. The predicted molar refractivity (Wildman–Crippen MR) is 121 cm³/mol. The quantitative estimate of drug-likeness (QED) is 0.244. The second kappa shape index (κ2) is 7.15. The summed E-state index contributed by atoms with van der Waals surface area (Å²) >= 11 is 14.9. The van der Waals surface area contributed by atoms with Crippen molar-refractivity contribution in [2.75, 3.05) is 0 Å². The predicted octanol–water partition coefficient (Wildman–Crippen LogP) is 6.67. The fraction of sp³-hybridized carbons (Fsp3) is 0. The molecule has 2 heterocycles. The Hall–Kier alpha value is -2.82. The van der Waals surface area contributed by atoms with Crippen molar-refractivity contribution in [3.63, 3.8) is 0 Å². The summed E-state index contributed by atoms with van der Waals surface area (Å²) in [7, 11) is 0. The maximum absolute atomic E-state index is 12.7. The van der Waals surface area contributed by atoms with E-state index in [9.17, 15) is 9.59 Å². The molecule has 2 aromatic heterocycles. The Balaban J connectivity index is 1.49. The van der Waals surface area contributed by atoms with Gasteiger partial charge in [-0.3, -0.25) is 9.59 Å². The number of nitrogens with zero attached hydrogens (tertiary/aromatic N) is 2. The third kappa shape index (κ3) is 3.08. The number of benzene rings is 2. The Bertz CT molecular complexity index is 1380. The number of thiazole rings is 1. The molecule has 1 aliphatic carbocycles. The standard InChI is InChI=1S/C22H8Cl2N2O2S2/c23-15-5-12-13(6-16(15)24)21(28)14(20(12)27)7-19-26-22-18(29-19)8-17(30-22)11-3-1-10(9-25)2-4-11/h1-8H. The average molecular weight is 467 g/mol. The minimum absolute atomic E-state index is 0.0667. The van der Waals surface area contributed by atoms with Crippen LogP contribution in [-0.2, 0) is 0 Å². The first-order valence-corrected chi connectivity index (χ1v) is 11.0. The van der Waals surface area contributed by atoms with Crippen LogP contribution in [0, 0.1) is 11.3 Å². The third-order valence-electron chi connectivity index (χ3n) is 4.71. The second-order valence-corrected chi connectivity index (χ2v) is 9.46. The zero-order chi connectivity index (χ0) is 21.0. The lowest BCUT2D eigenvalue weighted by atomic mass is 10.1. The van der Waals surface area contributed by atoms with Gasteiger partial charge in [-0.2, -0.15) is 5.26 Å². The number of halogens is 2. The second-order valence-electron chi connectivity index (χ2n) is 6.55.